The molecule has 4 heteroatoms. The van der Waals surface area contributed by atoms with Gasteiger partial charge in [0.05, 0.1) is 0 Å². The van der Waals surface area contributed by atoms with Gasteiger partial charge < -0.3 is 10.2 Å². The van der Waals surface area contributed by atoms with Crippen LogP contribution in [0.2, 0.25) is 0 Å². The topological polar surface area (TPSA) is 35.6 Å². The number of carbonyl (C=O) groups excluding carboxylic acids is 1. The van der Waals surface area contributed by atoms with Gasteiger partial charge in [0.25, 0.3) is 0 Å². The van der Waals surface area contributed by atoms with Crippen molar-refractivity contribution >= 4 is 17.7 Å². The van der Waals surface area contributed by atoms with E-state index < -0.39 is 0 Å². The zero-order valence-corrected chi connectivity index (χ0v) is 16.1. The molecule has 1 saturated heterocycles. The van der Waals surface area contributed by atoms with E-state index in [1.54, 1.807) is 0 Å². The summed E-state index contributed by atoms with van der Waals surface area (Å²) in [6.45, 7) is 7.22. The zero-order chi connectivity index (χ0) is 18.9. The largest absolute Gasteiger partial charge is 0.385 e. The molecule has 4 nitrogen and oxygen atoms in total. The maximum absolute atomic E-state index is 12.4. The molecule has 2 aromatic carbocycles. The summed E-state index contributed by atoms with van der Waals surface area (Å²) in [4.78, 5) is 16.8. The predicted molar refractivity (Wildman–Crippen MR) is 113 cm³/mol. The molecule has 0 radical (unpaired) electrons. The third kappa shape index (κ3) is 6.26. The monoisotopic (exact) mass is 363 g/mol. The Balaban J connectivity index is 1.34. The van der Waals surface area contributed by atoms with E-state index in [-0.39, 0.29) is 5.91 Å². The lowest BCUT2D eigenvalue weighted by molar-refractivity contribution is -0.132. The summed E-state index contributed by atoms with van der Waals surface area (Å²) in [5, 5.41) is 3.33. The van der Waals surface area contributed by atoms with Gasteiger partial charge in [-0.1, -0.05) is 60.2 Å². The van der Waals surface area contributed by atoms with E-state index >= 15 is 0 Å². The van der Waals surface area contributed by atoms with Crippen molar-refractivity contribution in [3.63, 3.8) is 0 Å². The summed E-state index contributed by atoms with van der Waals surface area (Å²) in [7, 11) is 0. The van der Waals surface area contributed by atoms with E-state index in [1.807, 2.05) is 11.0 Å². The third-order valence-electron chi connectivity index (χ3n) is 4.92. The van der Waals surface area contributed by atoms with Crippen LogP contribution in [-0.4, -0.2) is 55.0 Å². The summed E-state index contributed by atoms with van der Waals surface area (Å²) in [5.41, 5.74) is 3.55. The van der Waals surface area contributed by atoms with Gasteiger partial charge >= 0.3 is 0 Å². The van der Waals surface area contributed by atoms with Crippen LogP contribution in [0.25, 0.3) is 6.08 Å². The fraction of sp³-hybridized carbons (Fsp3) is 0.348. The van der Waals surface area contributed by atoms with Crippen molar-refractivity contribution in [1.29, 1.82) is 0 Å². The van der Waals surface area contributed by atoms with Crippen LogP contribution in [0, 0.1) is 6.92 Å². The van der Waals surface area contributed by atoms with Gasteiger partial charge in [0.2, 0.25) is 5.91 Å². The summed E-state index contributed by atoms with van der Waals surface area (Å²) >= 11 is 0. The summed E-state index contributed by atoms with van der Waals surface area (Å²) in [5.74, 6) is 0.245. The summed E-state index contributed by atoms with van der Waals surface area (Å²) in [6, 6.07) is 18.6. The fourth-order valence-electron chi connectivity index (χ4n) is 3.23. The first kappa shape index (κ1) is 19.2. The highest BCUT2D eigenvalue weighted by molar-refractivity contribution is 5.76. The van der Waals surface area contributed by atoms with Crippen LogP contribution in [0.3, 0.4) is 0 Å². The van der Waals surface area contributed by atoms with Gasteiger partial charge in [0, 0.05) is 51.4 Å². The van der Waals surface area contributed by atoms with Gasteiger partial charge in [-0.2, -0.15) is 0 Å². The highest BCUT2D eigenvalue weighted by Crippen LogP contribution is 2.09. The maximum atomic E-state index is 12.4. The molecule has 1 fully saturated rings. The first-order valence-corrected chi connectivity index (χ1v) is 9.73. The van der Waals surface area contributed by atoms with E-state index in [1.165, 1.54) is 11.1 Å². The number of nitrogens with zero attached hydrogens (tertiary/aromatic N) is 2. The lowest BCUT2D eigenvalue weighted by atomic mass is 10.2. The number of carbonyl (C=O) groups is 1. The minimum Gasteiger partial charge on any atom is -0.385 e. The molecule has 2 aromatic rings. The number of piperazine rings is 1. The number of amides is 1. The Morgan fingerprint density at radius 2 is 1.70 bits per heavy atom. The van der Waals surface area contributed by atoms with Gasteiger partial charge in [-0.15, -0.1) is 0 Å². The van der Waals surface area contributed by atoms with Crippen LogP contribution in [0.1, 0.15) is 17.5 Å². The Bertz CT molecular complexity index is 732. The van der Waals surface area contributed by atoms with Crippen LogP contribution in [0.5, 0.6) is 0 Å². The molecule has 0 aromatic heterocycles. The number of rotatable bonds is 7. The quantitative estimate of drug-likeness (QED) is 0.815. The maximum Gasteiger partial charge on any atom is 0.224 e. The molecule has 1 heterocycles. The Morgan fingerprint density at radius 1 is 1.00 bits per heavy atom. The van der Waals surface area contributed by atoms with Crippen molar-refractivity contribution in [3.8, 4) is 0 Å². The molecule has 0 saturated carbocycles. The summed E-state index contributed by atoms with van der Waals surface area (Å²) < 4.78 is 0. The number of hydrogen-bond donors (Lipinski definition) is 1. The molecule has 3 rings (SSSR count). The Hall–Kier alpha value is -2.59. The highest BCUT2D eigenvalue weighted by Gasteiger charge is 2.19. The minimum atomic E-state index is 0.245. The standard InChI is InChI=1S/C23H29N3O/c1-20-9-11-22(12-10-20)24-14-13-23(27)26-18-16-25(17-19-26)15-5-8-21-6-3-2-4-7-21/h2-12,24H,13-19H2,1H3/b8-5+. The van der Waals surface area contributed by atoms with E-state index in [9.17, 15) is 4.79 Å². The van der Waals surface area contributed by atoms with E-state index in [0.717, 1.165) is 38.4 Å². The molecule has 1 amide bonds. The van der Waals surface area contributed by atoms with Gasteiger partial charge in [0.1, 0.15) is 0 Å². The molecule has 0 unspecified atom stereocenters. The highest BCUT2D eigenvalue weighted by atomic mass is 16.2. The second kappa shape index (κ2) is 9.93. The first-order chi connectivity index (χ1) is 13.2. The molecule has 1 aliphatic heterocycles. The Labute approximate surface area is 162 Å². The van der Waals surface area contributed by atoms with Gasteiger partial charge in [-0.3, -0.25) is 9.69 Å². The number of anilines is 1. The average Bonchev–Trinajstić information content (AvgIpc) is 2.71. The van der Waals surface area contributed by atoms with Crippen LogP contribution >= 0.6 is 0 Å². The second-order valence-electron chi connectivity index (χ2n) is 7.04. The normalized spacial score (nSPS) is 15.2. The molecule has 0 atom stereocenters. The number of benzene rings is 2. The molecule has 27 heavy (non-hydrogen) atoms. The van der Waals surface area contributed by atoms with E-state index in [4.69, 9.17) is 0 Å². The second-order valence-corrected chi connectivity index (χ2v) is 7.04. The van der Waals surface area contributed by atoms with Crippen molar-refractivity contribution in [2.45, 2.75) is 13.3 Å². The van der Waals surface area contributed by atoms with Crippen LogP contribution in [-0.2, 0) is 4.79 Å². The van der Waals surface area contributed by atoms with Crippen LogP contribution in [0.4, 0.5) is 5.69 Å². The number of hydrogen-bond acceptors (Lipinski definition) is 3. The van der Waals surface area contributed by atoms with Crippen LogP contribution < -0.4 is 5.32 Å². The average molecular weight is 364 g/mol. The van der Waals surface area contributed by atoms with Crippen LogP contribution in [0.15, 0.2) is 60.7 Å². The molecule has 1 aliphatic rings. The Kier molecular flexibility index (Phi) is 7.05. The minimum absolute atomic E-state index is 0.245. The van der Waals surface area contributed by atoms with Gasteiger partial charge in [-0.25, -0.2) is 0 Å². The van der Waals surface area contributed by atoms with Crippen molar-refractivity contribution in [3.05, 3.63) is 71.8 Å². The lowest BCUT2D eigenvalue weighted by Gasteiger charge is -2.34. The van der Waals surface area contributed by atoms with Crippen molar-refractivity contribution in [2.75, 3.05) is 44.6 Å². The molecule has 1 N–H and O–H groups in total. The van der Waals surface area contributed by atoms with E-state index in [2.05, 4.69) is 77.8 Å². The fourth-order valence-corrected chi connectivity index (χ4v) is 3.23. The molecule has 142 valence electrons. The number of nitrogens with one attached hydrogen (secondary N) is 1. The van der Waals surface area contributed by atoms with Crippen molar-refractivity contribution in [1.82, 2.24) is 9.80 Å². The van der Waals surface area contributed by atoms with E-state index in [0.29, 0.717) is 13.0 Å². The SMILES string of the molecule is Cc1ccc(NCCC(=O)N2CCN(C/C=C/c3ccccc3)CC2)cc1. The molecular formula is C23H29N3O. The third-order valence-corrected chi connectivity index (χ3v) is 4.92. The zero-order valence-electron chi connectivity index (χ0n) is 16.1. The molecule has 0 spiro atoms. The predicted octanol–water partition coefficient (Wildman–Crippen LogP) is 3.65. The first-order valence-electron chi connectivity index (χ1n) is 9.73. The Morgan fingerprint density at radius 3 is 2.41 bits per heavy atom. The molecule has 0 aliphatic carbocycles. The van der Waals surface area contributed by atoms with Crippen molar-refractivity contribution < 1.29 is 4.79 Å². The molecule has 0 bridgehead atoms. The van der Waals surface area contributed by atoms with Gasteiger partial charge in [-0.05, 0) is 24.6 Å². The lowest BCUT2D eigenvalue weighted by Crippen LogP contribution is -2.48. The smallest absolute Gasteiger partial charge is 0.224 e. The molecular weight excluding hydrogens is 334 g/mol. The number of aryl methyl sites for hydroxylation is 1. The van der Waals surface area contributed by atoms with Gasteiger partial charge in [0.15, 0.2) is 0 Å². The van der Waals surface area contributed by atoms with Crippen molar-refractivity contribution in [2.24, 2.45) is 0 Å². The summed E-state index contributed by atoms with van der Waals surface area (Å²) in [6.07, 6.45) is 4.91.